The summed E-state index contributed by atoms with van der Waals surface area (Å²) in [5.74, 6) is 0.820. The third-order valence-electron chi connectivity index (χ3n) is 9.28. The molecule has 8 aromatic rings. The van der Waals surface area contributed by atoms with Gasteiger partial charge in [-0.3, -0.25) is 4.40 Å². The average Bonchev–Trinajstić information content (AvgIpc) is 3.67. The highest BCUT2D eigenvalue weighted by Crippen LogP contribution is 2.56. The standard InChI is InChI=1S/C41H26BrN3/c42-31-22-19-27(20-23-31)39-43-44-40-35-17-8-7-15-32(35)36(26-45(39)40)28-21-24-34-33-16-9-10-18-37(33)41(38(34)25-28,29-11-3-1-4-12-29)30-13-5-2-6-14-30/h1-26H. The number of fused-ring (bicyclic) bond motifs is 6. The zero-order chi connectivity index (χ0) is 30.0. The van der Waals surface area contributed by atoms with Crippen molar-refractivity contribution in [2.75, 3.05) is 0 Å². The van der Waals surface area contributed by atoms with Crippen LogP contribution in [-0.4, -0.2) is 14.6 Å². The van der Waals surface area contributed by atoms with Crippen molar-refractivity contribution in [1.29, 1.82) is 0 Å². The van der Waals surface area contributed by atoms with E-state index in [0.717, 1.165) is 43.4 Å². The predicted octanol–water partition coefficient (Wildman–Crippen LogP) is 10.3. The van der Waals surface area contributed by atoms with E-state index >= 15 is 0 Å². The van der Waals surface area contributed by atoms with E-state index in [-0.39, 0.29) is 0 Å². The van der Waals surface area contributed by atoms with Crippen molar-refractivity contribution in [3.8, 4) is 33.6 Å². The van der Waals surface area contributed by atoms with Gasteiger partial charge in [0.05, 0.1) is 5.41 Å². The highest BCUT2D eigenvalue weighted by Gasteiger charge is 2.46. The molecule has 0 atom stereocenters. The van der Waals surface area contributed by atoms with Gasteiger partial charge in [0.15, 0.2) is 11.5 Å². The van der Waals surface area contributed by atoms with Crippen LogP contribution in [0.5, 0.6) is 0 Å². The Balaban J connectivity index is 1.35. The highest BCUT2D eigenvalue weighted by atomic mass is 79.9. The average molecular weight is 641 g/mol. The molecule has 0 saturated carbocycles. The topological polar surface area (TPSA) is 30.2 Å². The smallest absolute Gasteiger partial charge is 0.169 e. The summed E-state index contributed by atoms with van der Waals surface area (Å²) in [7, 11) is 0. The summed E-state index contributed by atoms with van der Waals surface area (Å²) in [5, 5.41) is 11.6. The van der Waals surface area contributed by atoms with Crippen LogP contribution >= 0.6 is 15.9 Å². The molecule has 0 spiro atoms. The van der Waals surface area contributed by atoms with Crippen LogP contribution in [0.25, 0.3) is 50.1 Å². The zero-order valence-electron chi connectivity index (χ0n) is 24.2. The Labute approximate surface area is 269 Å². The largest absolute Gasteiger partial charge is 0.281 e. The monoisotopic (exact) mass is 639 g/mol. The molecular weight excluding hydrogens is 614 g/mol. The van der Waals surface area contributed by atoms with Gasteiger partial charge >= 0.3 is 0 Å². The van der Waals surface area contributed by atoms with Crippen molar-refractivity contribution in [2.45, 2.75) is 5.41 Å². The number of benzene rings is 6. The maximum absolute atomic E-state index is 4.67. The van der Waals surface area contributed by atoms with Crippen LogP contribution < -0.4 is 0 Å². The van der Waals surface area contributed by atoms with E-state index in [9.17, 15) is 0 Å². The van der Waals surface area contributed by atoms with E-state index in [0.29, 0.717) is 0 Å². The molecule has 0 fully saturated rings. The Morgan fingerprint density at radius 3 is 1.82 bits per heavy atom. The van der Waals surface area contributed by atoms with Gasteiger partial charge in [0, 0.05) is 27.2 Å². The molecule has 0 amide bonds. The van der Waals surface area contributed by atoms with Crippen LogP contribution in [0.3, 0.4) is 0 Å². The lowest BCUT2D eigenvalue weighted by Gasteiger charge is -2.34. The minimum atomic E-state index is -0.455. The lowest BCUT2D eigenvalue weighted by atomic mass is 9.67. The first-order chi connectivity index (χ1) is 22.2. The van der Waals surface area contributed by atoms with Gasteiger partial charge in [0.25, 0.3) is 0 Å². The molecule has 0 unspecified atom stereocenters. The van der Waals surface area contributed by atoms with Crippen molar-refractivity contribution >= 4 is 32.3 Å². The molecule has 45 heavy (non-hydrogen) atoms. The van der Waals surface area contributed by atoms with Crippen molar-refractivity contribution < 1.29 is 0 Å². The lowest BCUT2D eigenvalue weighted by Crippen LogP contribution is -2.28. The molecule has 0 N–H and O–H groups in total. The van der Waals surface area contributed by atoms with E-state index in [4.69, 9.17) is 0 Å². The van der Waals surface area contributed by atoms with Crippen LogP contribution in [-0.2, 0) is 5.41 Å². The second-order valence-corrected chi connectivity index (χ2v) is 12.5. The van der Waals surface area contributed by atoms with Crippen LogP contribution in [0.4, 0.5) is 0 Å². The molecule has 3 nitrogen and oxygen atoms in total. The number of hydrogen-bond donors (Lipinski definition) is 0. The third kappa shape index (κ3) is 3.82. The molecule has 212 valence electrons. The Morgan fingerprint density at radius 1 is 0.489 bits per heavy atom. The Bertz CT molecular complexity index is 2340. The Kier molecular flexibility index (Phi) is 5.87. The fourth-order valence-electron chi connectivity index (χ4n) is 7.35. The fraction of sp³-hybridized carbons (Fsp3) is 0.0244. The van der Waals surface area contributed by atoms with E-state index < -0.39 is 5.41 Å². The molecule has 9 rings (SSSR count). The first kappa shape index (κ1) is 26.1. The van der Waals surface area contributed by atoms with Crippen molar-refractivity contribution in [3.63, 3.8) is 0 Å². The van der Waals surface area contributed by atoms with Gasteiger partial charge in [-0.2, -0.15) is 0 Å². The molecule has 0 aliphatic heterocycles. The summed E-state index contributed by atoms with van der Waals surface area (Å²) in [6, 6.07) is 54.6. The number of halogens is 1. The SMILES string of the molecule is Brc1ccc(-c2nnc3c4ccccc4c(-c4ccc5c(c4)C(c4ccccc4)(c4ccccc4)c4ccccc4-5)cn23)cc1. The van der Waals surface area contributed by atoms with Crippen molar-refractivity contribution in [1.82, 2.24) is 14.6 Å². The summed E-state index contributed by atoms with van der Waals surface area (Å²) in [6.45, 7) is 0. The maximum atomic E-state index is 4.67. The van der Waals surface area contributed by atoms with Crippen LogP contribution in [0.1, 0.15) is 22.3 Å². The lowest BCUT2D eigenvalue weighted by molar-refractivity contribution is 0.769. The Hall–Kier alpha value is -5.32. The highest BCUT2D eigenvalue weighted by molar-refractivity contribution is 9.10. The second-order valence-electron chi connectivity index (χ2n) is 11.6. The molecular formula is C41H26BrN3. The minimum Gasteiger partial charge on any atom is -0.281 e. The van der Waals surface area contributed by atoms with E-state index in [1.165, 1.54) is 33.4 Å². The van der Waals surface area contributed by atoms with Gasteiger partial charge in [-0.05, 0) is 62.5 Å². The molecule has 0 bridgehead atoms. The van der Waals surface area contributed by atoms with Gasteiger partial charge in [-0.25, -0.2) is 0 Å². The number of hydrogen-bond acceptors (Lipinski definition) is 2. The predicted molar refractivity (Wildman–Crippen MR) is 186 cm³/mol. The van der Waals surface area contributed by atoms with E-state index in [1.54, 1.807) is 0 Å². The van der Waals surface area contributed by atoms with Gasteiger partial charge in [0.1, 0.15) is 0 Å². The number of aromatic nitrogens is 3. The second kappa shape index (κ2) is 10.1. The van der Waals surface area contributed by atoms with Gasteiger partial charge in [0.2, 0.25) is 0 Å². The van der Waals surface area contributed by atoms with Gasteiger partial charge < -0.3 is 0 Å². The fourth-order valence-corrected chi connectivity index (χ4v) is 7.61. The van der Waals surface area contributed by atoms with Crippen LogP contribution in [0.2, 0.25) is 0 Å². The van der Waals surface area contributed by atoms with Gasteiger partial charge in [-0.15, -0.1) is 10.2 Å². The molecule has 2 aromatic heterocycles. The molecule has 1 aliphatic rings. The minimum absolute atomic E-state index is 0.455. The molecule has 1 aliphatic carbocycles. The van der Waals surface area contributed by atoms with E-state index in [2.05, 4.69) is 176 Å². The molecule has 4 heteroatoms. The van der Waals surface area contributed by atoms with Crippen molar-refractivity contribution in [2.24, 2.45) is 0 Å². The zero-order valence-corrected chi connectivity index (χ0v) is 25.8. The maximum Gasteiger partial charge on any atom is 0.169 e. The van der Waals surface area contributed by atoms with Gasteiger partial charge in [-0.1, -0.05) is 149 Å². The summed E-state index contributed by atoms with van der Waals surface area (Å²) in [6.07, 6.45) is 2.21. The number of rotatable bonds is 4. The molecule has 0 radical (unpaired) electrons. The summed E-state index contributed by atoms with van der Waals surface area (Å²) >= 11 is 3.57. The normalized spacial score (nSPS) is 13.2. The first-order valence-corrected chi connectivity index (χ1v) is 15.9. The van der Waals surface area contributed by atoms with E-state index in [1.807, 2.05) is 12.1 Å². The third-order valence-corrected chi connectivity index (χ3v) is 9.81. The van der Waals surface area contributed by atoms with Crippen LogP contribution in [0.15, 0.2) is 162 Å². The molecule has 6 aromatic carbocycles. The number of pyridine rings is 1. The number of nitrogens with zero attached hydrogens (tertiary/aromatic N) is 3. The summed E-state index contributed by atoms with van der Waals surface area (Å²) in [5.41, 5.74) is 11.4. The summed E-state index contributed by atoms with van der Waals surface area (Å²) < 4.78 is 3.18. The van der Waals surface area contributed by atoms with Crippen LogP contribution in [0, 0.1) is 0 Å². The first-order valence-electron chi connectivity index (χ1n) is 15.1. The summed E-state index contributed by atoms with van der Waals surface area (Å²) in [4.78, 5) is 0. The molecule has 2 heterocycles. The quantitative estimate of drug-likeness (QED) is 0.192. The Morgan fingerprint density at radius 2 is 1.09 bits per heavy atom. The molecule has 0 saturated heterocycles. The van der Waals surface area contributed by atoms with Crippen molar-refractivity contribution in [3.05, 3.63) is 185 Å².